The summed E-state index contributed by atoms with van der Waals surface area (Å²) in [6.45, 7) is 6.79. The third-order valence-corrected chi connectivity index (χ3v) is 7.59. The molecule has 1 nitrogen and oxygen atoms in total. The molecule has 1 fully saturated rings. The predicted octanol–water partition coefficient (Wildman–Crippen LogP) is 4.57. The molecule has 1 aliphatic rings. The van der Waals surface area contributed by atoms with Gasteiger partial charge in [-0.15, -0.1) is 23.1 Å². The maximum atomic E-state index is 4.64. The minimum Gasteiger partial charge on any atom is -0.248 e. The Morgan fingerprint density at radius 1 is 1.38 bits per heavy atom. The van der Waals surface area contributed by atoms with Crippen LogP contribution in [0.25, 0.3) is 0 Å². The van der Waals surface area contributed by atoms with Crippen molar-refractivity contribution in [1.29, 1.82) is 0 Å². The fraction of sp³-hybridized carbons (Fsp3) is 0.750. The molecule has 1 aromatic rings. The van der Waals surface area contributed by atoms with Gasteiger partial charge in [-0.05, 0) is 12.3 Å². The molecule has 0 aromatic carbocycles. The lowest BCUT2D eigenvalue weighted by Crippen LogP contribution is -2.17. The van der Waals surface area contributed by atoms with Gasteiger partial charge in [-0.2, -0.15) is 11.8 Å². The number of nitrogens with zero attached hydrogens (tertiary/aromatic N) is 1. The highest BCUT2D eigenvalue weighted by Gasteiger charge is 2.28. The zero-order valence-electron chi connectivity index (χ0n) is 10.1. The number of hydrogen-bond acceptors (Lipinski definition) is 4. The van der Waals surface area contributed by atoms with E-state index in [4.69, 9.17) is 0 Å². The molecule has 2 heterocycles. The molecule has 0 aliphatic carbocycles. The van der Waals surface area contributed by atoms with Crippen molar-refractivity contribution in [2.45, 2.75) is 43.6 Å². The number of thiazole rings is 1. The first-order valence-electron chi connectivity index (χ1n) is 5.91. The third kappa shape index (κ3) is 2.77. The topological polar surface area (TPSA) is 12.9 Å². The summed E-state index contributed by atoms with van der Waals surface area (Å²) in [5, 5.41) is 2.76. The van der Waals surface area contributed by atoms with Crippen molar-refractivity contribution in [3.8, 4) is 0 Å². The Balaban J connectivity index is 2.14. The summed E-state index contributed by atoms with van der Waals surface area (Å²) < 4.78 is 0. The molecule has 4 heteroatoms. The predicted molar refractivity (Wildman–Crippen MR) is 77.9 cm³/mol. The van der Waals surface area contributed by atoms with Gasteiger partial charge in [-0.3, -0.25) is 0 Å². The highest BCUT2D eigenvalue weighted by Crippen LogP contribution is 2.45. The normalized spacial score (nSPS) is 26.2. The molecule has 1 aromatic heterocycles. The fourth-order valence-electron chi connectivity index (χ4n) is 1.83. The van der Waals surface area contributed by atoms with Gasteiger partial charge in [0.25, 0.3) is 0 Å². The van der Waals surface area contributed by atoms with Gasteiger partial charge in [0, 0.05) is 27.8 Å². The van der Waals surface area contributed by atoms with Crippen molar-refractivity contribution in [1.82, 2.24) is 4.98 Å². The second kappa shape index (κ2) is 5.78. The number of rotatable bonds is 3. The molecule has 0 spiro atoms. The Labute approximate surface area is 111 Å². The van der Waals surface area contributed by atoms with E-state index >= 15 is 0 Å². The van der Waals surface area contributed by atoms with E-state index in [-0.39, 0.29) is 0 Å². The summed E-state index contributed by atoms with van der Waals surface area (Å²) in [7, 11) is 0. The van der Waals surface area contributed by atoms with Gasteiger partial charge >= 0.3 is 0 Å². The molecule has 0 amide bonds. The highest BCUT2D eigenvalue weighted by atomic mass is 32.2. The average Bonchev–Trinajstić information content (AvgIpc) is 2.78. The quantitative estimate of drug-likeness (QED) is 0.801. The lowest BCUT2D eigenvalue weighted by atomic mass is 10.2. The fourth-order valence-corrected chi connectivity index (χ4v) is 6.18. The van der Waals surface area contributed by atoms with Gasteiger partial charge in [0.05, 0.1) is 5.25 Å². The van der Waals surface area contributed by atoms with Crippen molar-refractivity contribution in [2.24, 2.45) is 0 Å². The van der Waals surface area contributed by atoms with Gasteiger partial charge in [-0.1, -0.05) is 20.8 Å². The SMILES string of the molecule is CCC1SCCSC1c1ncc(C(C)C)s1. The average molecular weight is 273 g/mol. The minimum absolute atomic E-state index is 0.618. The Bertz CT molecular complexity index is 335. The van der Waals surface area contributed by atoms with Crippen LogP contribution in [0.4, 0.5) is 0 Å². The van der Waals surface area contributed by atoms with Crippen LogP contribution in [0, 0.1) is 0 Å². The Hall–Kier alpha value is 0.330. The lowest BCUT2D eigenvalue weighted by molar-refractivity contribution is 0.788. The number of hydrogen-bond donors (Lipinski definition) is 0. The second-order valence-electron chi connectivity index (χ2n) is 4.36. The first kappa shape index (κ1) is 12.8. The van der Waals surface area contributed by atoms with E-state index in [9.17, 15) is 0 Å². The summed E-state index contributed by atoms with van der Waals surface area (Å²) in [5.41, 5.74) is 0. The van der Waals surface area contributed by atoms with Gasteiger partial charge in [0.15, 0.2) is 0 Å². The molecule has 0 bridgehead atoms. The molecule has 1 aliphatic heterocycles. The zero-order chi connectivity index (χ0) is 11.5. The summed E-state index contributed by atoms with van der Waals surface area (Å²) >= 11 is 6.15. The molecule has 2 unspecified atom stereocenters. The van der Waals surface area contributed by atoms with Crippen molar-refractivity contribution in [3.63, 3.8) is 0 Å². The van der Waals surface area contributed by atoms with E-state index in [1.165, 1.54) is 27.8 Å². The Morgan fingerprint density at radius 3 is 2.75 bits per heavy atom. The monoisotopic (exact) mass is 273 g/mol. The van der Waals surface area contributed by atoms with Crippen molar-refractivity contribution >= 4 is 34.9 Å². The van der Waals surface area contributed by atoms with Crippen LogP contribution in [0.15, 0.2) is 6.20 Å². The smallest absolute Gasteiger partial charge is 0.107 e. The van der Waals surface area contributed by atoms with Crippen molar-refractivity contribution < 1.29 is 0 Å². The van der Waals surface area contributed by atoms with Crippen LogP contribution < -0.4 is 0 Å². The molecule has 2 atom stereocenters. The second-order valence-corrected chi connectivity index (χ2v) is 8.05. The van der Waals surface area contributed by atoms with Crippen LogP contribution >= 0.6 is 34.9 Å². The van der Waals surface area contributed by atoms with Gasteiger partial charge in [0.2, 0.25) is 0 Å². The van der Waals surface area contributed by atoms with Crippen LogP contribution in [0.1, 0.15) is 48.2 Å². The third-order valence-electron chi connectivity index (χ3n) is 2.81. The highest BCUT2D eigenvalue weighted by molar-refractivity contribution is 8.06. The van der Waals surface area contributed by atoms with E-state index in [0.29, 0.717) is 11.2 Å². The standard InChI is InChI=1S/C12H19NS3/c1-4-9-11(15-6-5-14-9)12-13-7-10(16-12)8(2)3/h7-9,11H,4-6H2,1-3H3. The molecule has 0 saturated carbocycles. The van der Waals surface area contributed by atoms with Crippen LogP contribution in [0.2, 0.25) is 0 Å². The maximum absolute atomic E-state index is 4.64. The van der Waals surface area contributed by atoms with E-state index < -0.39 is 0 Å². The van der Waals surface area contributed by atoms with E-state index in [0.717, 1.165) is 5.25 Å². The first-order valence-corrected chi connectivity index (χ1v) is 8.82. The molecule has 1 saturated heterocycles. The Morgan fingerprint density at radius 2 is 2.12 bits per heavy atom. The molecule has 90 valence electrons. The van der Waals surface area contributed by atoms with E-state index in [1.54, 1.807) is 0 Å². The van der Waals surface area contributed by atoms with Crippen LogP contribution in [-0.2, 0) is 0 Å². The van der Waals surface area contributed by atoms with Gasteiger partial charge in [0.1, 0.15) is 5.01 Å². The molecule has 0 radical (unpaired) electrons. The molecule has 16 heavy (non-hydrogen) atoms. The zero-order valence-corrected chi connectivity index (χ0v) is 12.6. The number of thioether (sulfide) groups is 2. The summed E-state index contributed by atoms with van der Waals surface area (Å²) in [6, 6.07) is 0. The minimum atomic E-state index is 0.618. The first-order chi connectivity index (χ1) is 7.72. The number of aromatic nitrogens is 1. The van der Waals surface area contributed by atoms with Gasteiger partial charge < -0.3 is 0 Å². The Kier molecular flexibility index (Phi) is 4.62. The van der Waals surface area contributed by atoms with E-state index in [2.05, 4.69) is 55.5 Å². The van der Waals surface area contributed by atoms with E-state index in [1.807, 2.05) is 11.3 Å². The van der Waals surface area contributed by atoms with Gasteiger partial charge in [-0.25, -0.2) is 4.98 Å². The largest absolute Gasteiger partial charge is 0.248 e. The van der Waals surface area contributed by atoms with Crippen molar-refractivity contribution in [2.75, 3.05) is 11.5 Å². The lowest BCUT2D eigenvalue weighted by Gasteiger charge is -2.28. The summed E-state index contributed by atoms with van der Waals surface area (Å²) in [6.07, 6.45) is 3.34. The summed E-state index contributed by atoms with van der Waals surface area (Å²) in [4.78, 5) is 6.08. The molecule has 2 rings (SSSR count). The van der Waals surface area contributed by atoms with Crippen LogP contribution in [0.5, 0.6) is 0 Å². The summed E-state index contributed by atoms with van der Waals surface area (Å²) in [5.74, 6) is 3.21. The van der Waals surface area contributed by atoms with Crippen molar-refractivity contribution in [3.05, 3.63) is 16.1 Å². The van der Waals surface area contributed by atoms with Crippen LogP contribution in [0.3, 0.4) is 0 Å². The molecule has 0 N–H and O–H groups in total. The molecular formula is C12H19NS3. The maximum Gasteiger partial charge on any atom is 0.107 e. The molecular weight excluding hydrogens is 254 g/mol. The van der Waals surface area contributed by atoms with Crippen LogP contribution in [-0.4, -0.2) is 21.7 Å².